The number of carbonyl (C=O) groups is 3. The van der Waals surface area contributed by atoms with Crippen molar-refractivity contribution < 1.29 is 19.1 Å². The summed E-state index contributed by atoms with van der Waals surface area (Å²) in [6.45, 7) is 0. The van der Waals surface area contributed by atoms with E-state index in [1.165, 1.54) is 0 Å². The topological polar surface area (TPSA) is 84.5 Å². The molecule has 1 heterocycles. The molecule has 2 saturated carbocycles. The summed E-state index contributed by atoms with van der Waals surface area (Å²) in [5.41, 5.74) is 1.78. The number of benzene rings is 2. The van der Waals surface area contributed by atoms with Crippen LogP contribution in [0.2, 0.25) is 0 Å². The van der Waals surface area contributed by atoms with Crippen molar-refractivity contribution in [3.8, 4) is 0 Å². The van der Waals surface area contributed by atoms with E-state index in [4.69, 9.17) is 4.74 Å². The molecule has 2 aromatic rings. The Morgan fingerprint density at radius 1 is 0.933 bits per heavy atom. The number of alkyl halides is 1. The van der Waals surface area contributed by atoms with E-state index >= 15 is 0 Å². The van der Waals surface area contributed by atoms with Crippen molar-refractivity contribution in [2.24, 2.45) is 23.7 Å². The first kappa shape index (κ1) is 19.8. The molecule has 0 spiro atoms. The first-order valence-electron chi connectivity index (χ1n) is 9.75. The molecule has 3 aliphatic rings. The summed E-state index contributed by atoms with van der Waals surface area (Å²) >= 11 is 6.98. The maximum absolute atomic E-state index is 12.9. The molecule has 0 unspecified atom stereocenters. The molecular formula is C22H18Br2N2O4. The van der Waals surface area contributed by atoms with Crippen LogP contribution in [0.5, 0.6) is 0 Å². The van der Waals surface area contributed by atoms with E-state index in [0.29, 0.717) is 16.9 Å². The van der Waals surface area contributed by atoms with E-state index in [1.54, 1.807) is 24.3 Å². The van der Waals surface area contributed by atoms with Crippen LogP contribution in [0.15, 0.2) is 53.0 Å². The molecule has 5 rings (SSSR count). The van der Waals surface area contributed by atoms with Crippen LogP contribution in [-0.4, -0.2) is 28.7 Å². The van der Waals surface area contributed by atoms with Crippen LogP contribution < -0.4 is 10.6 Å². The molecule has 8 heteroatoms. The van der Waals surface area contributed by atoms with Crippen molar-refractivity contribution in [3.05, 3.63) is 58.6 Å². The second kappa shape index (κ2) is 7.50. The SMILES string of the molecule is O=C(Nc1ccc(Br)cc1)c1ccc(NC(=O)[C@@H]2[C@H]3C[C@H]4[C@H](OC(=O)[C@@H]42)[C@@H]3Br)cc1. The molecule has 6 atom stereocenters. The summed E-state index contributed by atoms with van der Waals surface area (Å²) in [4.78, 5) is 37.6. The van der Waals surface area contributed by atoms with Gasteiger partial charge in [-0.05, 0) is 60.9 Å². The van der Waals surface area contributed by atoms with Gasteiger partial charge < -0.3 is 15.4 Å². The van der Waals surface area contributed by atoms with Gasteiger partial charge in [0.15, 0.2) is 0 Å². The summed E-state index contributed by atoms with van der Waals surface area (Å²) in [7, 11) is 0. The van der Waals surface area contributed by atoms with E-state index in [2.05, 4.69) is 42.5 Å². The van der Waals surface area contributed by atoms with Crippen LogP contribution in [0, 0.1) is 23.7 Å². The Morgan fingerprint density at radius 2 is 1.57 bits per heavy atom. The first-order valence-corrected chi connectivity index (χ1v) is 11.5. The highest BCUT2D eigenvalue weighted by Gasteiger charge is 2.67. The van der Waals surface area contributed by atoms with Crippen molar-refractivity contribution in [1.29, 1.82) is 0 Å². The number of rotatable bonds is 4. The predicted octanol–water partition coefficient (Wildman–Crippen LogP) is 4.21. The fraction of sp³-hybridized carbons (Fsp3) is 0.318. The van der Waals surface area contributed by atoms with Crippen LogP contribution >= 0.6 is 31.9 Å². The van der Waals surface area contributed by atoms with Gasteiger partial charge in [0.25, 0.3) is 5.91 Å². The van der Waals surface area contributed by atoms with E-state index in [1.807, 2.05) is 24.3 Å². The molecule has 2 amide bonds. The van der Waals surface area contributed by atoms with Gasteiger partial charge in [0.1, 0.15) is 6.10 Å². The summed E-state index contributed by atoms with van der Waals surface area (Å²) in [5, 5.41) is 5.74. The largest absolute Gasteiger partial charge is 0.461 e. The number of carbonyl (C=O) groups excluding carboxylic acids is 3. The third kappa shape index (κ3) is 3.26. The minimum absolute atomic E-state index is 0.0330. The van der Waals surface area contributed by atoms with E-state index in [-0.39, 0.29) is 52.4 Å². The number of amides is 2. The molecule has 1 aliphatic heterocycles. The van der Waals surface area contributed by atoms with Crippen molar-refractivity contribution >= 4 is 61.0 Å². The van der Waals surface area contributed by atoms with Crippen molar-refractivity contribution in [1.82, 2.24) is 0 Å². The average molecular weight is 534 g/mol. The first-order chi connectivity index (χ1) is 14.4. The fourth-order valence-corrected chi connectivity index (χ4v) is 6.31. The second-order valence-electron chi connectivity index (χ2n) is 7.99. The quantitative estimate of drug-likeness (QED) is 0.455. The van der Waals surface area contributed by atoms with Crippen LogP contribution in [0.25, 0.3) is 0 Å². The Labute approximate surface area is 190 Å². The number of halogens is 2. The number of hydrogen-bond acceptors (Lipinski definition) is 4. The van der Waals surface area contributed by atoms with Gasteiger partial charge in [-0.15, -0.1) is 0 Å². The highest BCUT2D eigenvalue weighted by atomic mass is 79.9. The maximum Gasteiger partial charge on any atom is 0.310 e. The highest BCUT2D eigenvalue weighted by molar-refractivity contribution is 9.10. The monoisotopic (exact) mass is 532 g/mol. The van der Waals surface area contributed by atoms with Crippen LogP contribution in [0.1, 0.15) is 16.8 Å². The zero-order valence-corrected chi connectivity index (χ0v) is 18.9. The van der Waals surface area contributed by atoms with Gasteiger partial charge in [-0.1, -0.05) is 31.9 Å². The molecule has 30 heavy (non-hydrogen) atoms. The Hall–Kier alpha value is -2.19. The number of anilines is 2. The van der Waals surface area contributed by atoms with Crippen LogP contribution in [-0.2, 0) is 14.3 Å². The Morgan fingerprint density at radius 3 is 2.27 bits per heavy atom. The molecule has 1 saturated heterocycles. The van der Waals surface area contributed by atoms with Gasteiger partial charge in [-0.3, -0.25) is 14.4 Å². The van der Waals surface area contributed by atoms with Crippen molar-refractivity contribution in [2.45, 2.75) is 17.4 Å². The third-order valence-corrected chi connectivity index (χ3v) is 8.07. The zero-order valence-electron chi connectivity index (χ0n) is 15.7. The van der Waals surface area contributed by atoms with Gasteiger partial charge in [-0.25, -0.2) is 0 Å². The zero-order chi connectivity index (χ0) is 21.0. The number of esters is 1. The lowest BCUT2D eigenvalue weighted by molar-refractivity contribution is -0.145. The number of nitrogens with one attached hydrogen (secondary N) is 2. The molecule has 0 radical (unpaired) electrons. The van der Waals surface area contributed by atoms with Crippen molar-refractivity contribution in [3.63, 3.8) is 0 Å². The third-order valence-electron chi connectivity index (χ3n) is 6.34. The lowest BCUT2D eigenvalue weighted by Crippen LogP contribution is -2.40. The molecule has 2 aromatic carbocycles. The van der Waals surface area contributed by atoms with E-state index < -0.39 is 0 Å². The lowest BCUT2D eigenvalue weighted by atomic mass is 9.79. The summed E-state index contributed by atoms with van der Waals surface area (Å²) < 4.78 is 6.40. The number of ether oxygens (including phenoxy) is 1. The Bertz CT molecular complexity index is 1020. The summed E-state index contributed by atoms with van der Waals surface area (Å²) in [6, 6.07) is 14.0. The van der Waals surface area contributed by atoms with Gasteiger partial charge in [0.2, 0.25) is 5.91 Å². The molecule has 0 aromatic heterocycles. The molecule has 154 valence electrons. The summed E-state index contributed by atoms with van der Waals surface area (Å²) in [5.74, 6) is -1.14. The highest BCUT2D eigenvalue weighted by Crippen LogP contribution is 2.60. The minimum Gasteiger partial charge on any atom is -0.461 e. The van der Waals surface area contributed by atoms with Gasteiger partial charge in [0, 0.05) is 27.3 Å². The molecular weight excluding hydrogens is 516 g/mol. The lowest BCUT2D eigenvalue weighted by Gasteiger charge is -2.27. The normalized spacial score (nSPS) is 30.8. The Balaban J connectivity index is 1.25. The predicted molar refractivity (Wildman–Crippen MR) is 118 cm³/mol. The Kier molecular flexibility index (Phi) is 4.94. The van der Waals surface area contributed by atoms with E-state index in [9.17, 15) is 14.4 Å². The maximum atomic E-state index is 12.9. The van der Waals surface area contributed by atoms with Gasteiger partial charge >= 0.3 is 5.97 Å². The van der Waals surface area contributed by atoms with Crippen molar-refractivity contribution in [2.75, 3.05) is 10.6 Å². The smallest absolute Gasteiger partial charge is 0.310 e. The van der Waals surface area contributed by atoms with Gasteiger partial charge in [0.05, 0.1) is 16.7 Å². The van der Waals surface area contributed by atoms with E-state index in [0.717, 1.165) is 10.9 Å². The molecule has 3 fully saturated rings. The van der Waals surface area contributed by atoms with Gasteiger partial charge in [-0.2, -0.15) is 0 Å². The second-order valence-corrected chi connectivity index (χ2v) is 9.96. The molecule has 2 bridgehead atoms. The number of hydrogen-bond donors (Lipinski definition) is 2. The summed E-state index contributed by atoms with van der Waals surface area (Å²) in [6.07, 6.45) is 0.740. The standard InChI is InChI=1S/C22H18Br2N2O4/c23-11-3-7-13(8-4-11)25-20(27)10-1-5-12(6-2-10)26-21(28)16-14-9-15-17(16)22(29)30-19(15)18(14)24/h1-8,14-19H,9H2,(H,25,27)(H,26,28)/t14-,15-,16-,17+,18-,19+/m1/s1. The van der Waals surface area contributed by atoms with Crippen LogP contribution in [0.4, 0.5) is 11.4 Å². The molecule has 6 nitrogen and oxygen atoms in total. The number of fused-ring (bicyclic) bond motifs is 1. The van der Waals surface area contributed by atoms with Crippen LogP contribution in [0.3, 0.4) is 0 Å². The average Bonchev–Trinajstić information content (AvgIpc) is 3.34. The minimum atomic E-state index is -0.383. The molecule has 2 aliphatic carbocycles. The molecule has 2 N–H and O–H groups in total. The fourth-order valence-electron chi connectivity index (χ4n) is 5.00.